The first-order valence-electron chi connectivity index (χ1n) is 10.2. The first-order chi connectivity index (χ1) is 16.3. The number of carbonyl (C=O) groups is 2. The standard InChI is InChI=1S/C12H12N2.2C7H6O3/c1(11-3-7-13-8-4-11)2-12-5-9-14-10-6-12;2*8-6-3-1-5(2-4-6)7(9)10/h3-10H,1-2H2;2*1-4,8H,(H,9,10). The topological polar surface area (TPSA) is 141 Å². The van der Waals surface area contributed by atoms with Crippen molar-refractivity contribution < 1.29 is 30.0 Å². The Morgan fingerprint density at radius 3 is 1.09 bits per heavy atom. The van der Waals surface area contributed by atoms with Crippen LogP contribution in [0.4, 0.5) is 0 Å². The van der Waals surface area contributed by atoms with Crippen LogP contribution in [0.3, 0.4) is 0 Å². The van der Waals surface area contributed by atoms with Gasteiger partial charge < -0.3 is 20.4 Å². The van der Waals surface area contributed by atoms with E-state index in [2.05, 4.69) is 34.2 Å². The highest BCUT2D eigenvalue weighted by atomic mass is 16.4. The summed E-state index contributed by atoms with van der Waals surface area (Å²) in [4.78, 5) is 28.4. The van der Waals surface area contributed by atoms with Gasteiger partial charge in [-0.2, -0.15) is 0 Å². The molecule has 174 valence electrons. The maximum atomic E-state index is 10.2. The molecule has 2 aromatic carbocycles. The molecule has 8 heteroatoms. The molecular formula is C26H24N2O6. The Morgan fingerprint density at radius 2 is 0.824 bits per heavy atom. The molecule has 8 nitrogen and oxygen atoms in total. The molecule has 0 saturated heterocycles. The third-order valence-corrected chi connectivity index (χ3v) is 4.43. The molecule has 0 amide bonds. The molecule has 0 aliphatic heterocycles. The van der Waals surface area contributed by atoms with Gasteiger partial charge >= 0.3 is 11.9 Å². The lowest BCUT2D eigenvalue weighted by Gasteiger charge is -2.00. The highest BCUT2D eigenvalue weighted by Crippen LogP contribution is 2.09. The maximum absolute atomic E-state index is 10.2. The minimum atomic E-state index is -0.986. The summed E-state index contributed by atoms with van der Waals surface area (Å²) in [6, 6.07) is 19.0. The van der Waals surface area contributed by atoms with Gasteiger partial charge in [-0.25, -0.2) is 9.59 Å². The van der Waals surface area contributed by atoms with E-state index in [1.54, 1.807) is 0 Å². The fourth-order valence-corrected chi connectivity index (χ4v) is 2.60. The Hall–Kier alpha value is -4.72. The van der Waals surface area contributed by atoms with Crippen molar-refractivity contribution in [2.45, 2.75) is 12.8 Å². The normalized spacial score (nSPS) is 9.53. The minimum Gasteiger partial charge on any atom is -0.508 e. The van der Waals surface area contributed by atoms with E-state index >= 15 is 0 Å². The number of phenolic OH excluding ortho intramolecular Hbond substituents is 2. The van der Waals surface area contributed by atoms with Gasteiger partial charge in [0.2, 0.25) is 0 Å². The minimum absolute atomic E-state index is 0.0741. The Kier molecular flexibility index (Phi) is 10.2. The third-order valence-electron chi connectivity index (χ3n) is 4.43. The van der Waals surface area contributed by atoms with E-state index in [-0.39, 0.29) is 22.6 Å². The second-order valence-electron chi connectivity index (χ2n) is 6.91. The molecule has 2 aromatic heterocycles. The zero-order valence-electron chi connectivity index (χ0n) is 18.2. The number of benzene rings is 2. The van der Waals surface area contributed by atoms with Gasteiger partial charge in [-0.3, -0.25) is 9.97 Å². The molecule has 0 bridgehead atoms. The smallest absolute Gasteiger partial charge is 0.335 e. The average molecular weight is 460 g/mol. The lowest BCUT2D eigenvalue weighted by Crippen LogP contribution is -1.93. The molecule has 0 spiro atoms. The molecule has 0 radical (unpaired) electrons. The lowest BCUT2D eigenvalue weighted by molar-refractivity contribution is 0.0686. The van der Waals surface area contributed by atoms with Gasteiger partial charge in [0.15, 0.2) is 0 Å². The summed E-state index contributed by atoms with van der Waals surface area (Å²) < 4.78 is 0. The molecule has 0 saturated carbocycles. The first kappa shape index (κ1) is 25.5. The highest BCUT2D eigenvalue weighted by Gasteiger charge is 2.00. The largest absolute Gasteiger partial charge is 0.508 e. The number of carboxylic acids is 2. The van der Waals surface area contributed by atoms with Crippen LogP contribution in [-0.2, 0) is 12.8 Å². The number of phenols is 2. The molecule has 0 atom stereocenters. The van der Waals surface area contributed by atoms with E-state index < -0.39 is 11.9 Å². The summed E-state index contributed by atoms with van der Waals surface area (Å²) >= 11 is 0. The Bertz CT molecular complexity index is 1050. The van der Waals surface area contributed by atoms with Gasteiger partial charge in [0.1, 0.15) is 11.5 Å². The SMILES string of the molecule is O=C(O)c1ccc(O)cc1.O=C(O)c1ccc(O)cc1.c1cc(CCc2ccncc2)ccn1. The number of hydrogen-bond acceptors (Lipinski definition) is 6. The molecule has 2 heterocycles. The molecule has 4 N–H and O–H groups in total. The number of aromatic nitrogens is 2. The molecule has 34 heavy (non-hydrogen) atoms. The van der Waals surface area contributed by atoms with Gasteiger partial charge in [-0.05, 0) is 96.8 Å². The van der Waals surface area contributed by atoms with Crippen molar-refractivity contribution in [1.82, 2.24) is 9.97 Å². The molecule has 4 rings (SSSR count). The second-order valence-corrected chi connectivity index (χ2v) is 6.91. The van der Waals surface area contributed by atoms with Crippen molar-refractivity contribution in [3.05, 3.63) is 120 Å². The fraction of sp³-hybridized carbons (Fsp3) is 0.0769. The summed E-state index contributed by atoms with van der Waals surface area (Å²) in [6.45, 7) is 0. The zero-order chi connectivity index (χ0) is 24.8. The third kappa shape index (κ3) is 9.61. The molecule has 0 aliphatic carbocycles. The number of pyridine rings is 2. The van der Waals surface area contributed by atoms with Gasteiger partial charge in [-0.1, -0.05) is 0 Å². The van der Waals surface area contributed by atoms with Crippen molar-refractivity contribution >= 4 is 11.9 Å². The van der Waals surface area contributed by atoms with E-state index in [4.69, 9.17) is 20.4 Å². The fourth-order valence-electron chi connectivity index (χ4n) is 2.60. The number of aromatic carboxylic acids is 2. The van der Waals surface area contributed by atoms with Crippen molar-refractivity contribution in [2.24, 2.45) is 0 Å². The van der Waals surface area contributed by atoms with Crippen molar-refractivity contribution in [3.63, 3.8) is 0 Å². The molecule has 0 unspecified atom stereocenters. The molecule has 0 aliphatic rings. The number of rotatable bonds is 5. The van der Waals surface area contributed by atoms with Gasteiger partial charge in [0, 0.05) is 24.8 Å². The van der Waals surface area contributed by atoms with E-state index in [1.165, 1.54) is 59.7 Å². The Balaban J connectivity index is 0.000000185. The van der Waals surface area contributed by atoms with Crippen molar-refractivity contribution in [1.29, 1.82) is 0 Å². The zero-order valence-corrected chi connectivity index (χ0v) is 18.2. The summed E-state index contributed by atoms with van der Waals surface area (Å²) in [7, 11) is 0. The van der Waals surface area contributed by atoms with Gasteiger partial charge in [0.25, 0.3) is 0 Å². The van der Waals surface area contributed by atoms with Crippen LogP contribution in [0, 0.1) is 0 Å². The quantitative estimate of drug-likeness (QED) is 0.342. The lowest BCUT2D eigenvalue weighted by atomic mass is 10.1. The van der Waals surface area contributed by atoms with E-state index in [1.807, 2.05) is 24.8 Å². The van der Waals surface area contributed by atoms with Gasteiger partial charge in [0.05, 0.1) is 11.1 Å². The number of hydrogen-bond donors (Lipinski definition) is 4. The van der Waals surface area contributed by atoms with Crippen LogP contribution >= 0.6 is 0 Å². The van der Waals surface area contributed by atoms with E-state index in [0.717, 1.165) is 12.8 Å². The van der Waals surface area contributed by atoms with Crippen LogP contribution in [0.15, 0.2) is 97.6 Å². The predicted molar refractivity (Wildman–Crippen MR) is 126 cm³/mol. The van der Waals surface area contributed by atoms with Crippen LogP contribution in [0.1, 0.15) is 31.8 Å². The number of aryl methyl sites for hydroxylation is 2. The first-order valence-corrected chi connectivity index (χ1v) is 10.2. The second kappa shape index (κ2) is 13.6. The summed E-state index contributed by atoms with van der Waals surface area (Å²) in [5.41, 5.74) is 3.02. The molecule has 4 aromatic rings. The monoisotopic (exact) mass is 460 g/mol. The van der Waals surface area contributed by atoms with E-state index in [0.29, 0.717) is 0 Å². The Labute approximate surface area is 196 Å². The summed E-state index contributed by atoms with van der Waals surface area (Å²) in [5.74, 6) is -1.82. The highest BCUT2D eigenvalue weighted by molar-refractivity contribution is 5.88. The maximum Gasteiger partial charge on any atom is 0.335 e. The predicted octanol–water partition coefficient (Wildman–Crippen LogP) is 4.44. The number of aromatic hydroxyl groups is 2. The number of carboxylic acid groups (broad SMARTS) is 2. The number of nitrogens with zero attached hydrogens (tertiary/aromatic N) is 2. The van der Waals surface area contributed by atoms with E-state index in [9.17, 15) is 9.59 Å². The van der Waals surface area contributed by atoms with Crippen molar-refractivity contribution in [2.75, 3.05) is 0 Å². The average Bonchev–Trinajstić information content (AvgIpc) is 2.85. The van der Waals surface area contributed by atoms with Crippen LogP contribution < -0.4 is 0 Å². The van der Waals surface area contributed by atoms with Crippen LogP contribution in [-0.4, -0.2) is 42.3 Å². The summed E-state index contributed by atoms with van der Waals surface area (Å²) in [5, 5.41) is 34.3. The molecular weight excluding hydrogens is 436 g/mol. The van der Waals surface area contributed by atoms with Crippen molar-refractivity contribution in [3.8, 4) is 11.5 Å². The van der Waals surface area contributed by atoms with Gasteiger partial charge in [-0.15, -0.1) is 0 Å². The molecule has 0 fully saturated rings. The van der Waals surface area contributed by atoms with Crippen LogP contribution in [0.5, 0.6) is 11.5 Å². The van der Waals surface area contributed by atoms with Crippen LogP contribution in [0.25, 0.3) is 0 Å². The van der Waals surface area contributed by atoms with Crippen LogP contribution in [0.2, 0.25) is 0 Å². The Morgan fingerprint density at radius 1 is 0.529 bits per heavy atom. The summed E-state index contributed by atoms with van der Waals surface area (Å²) in [6.07, 6.45) is 9.46.